The number of rotatable bonds is 5. The van der Waals surface area contributed by atoms with Crippen LogP contribution in [0, 0.1) is 5.92 Å². The lowest BCUT2D eigenvalue weighted by Gasteiger charge is -2.28. The van der Waals surface area contributed by atoms with E-state index >= 15 is 0 Å². The van der Waals surface area contributed by atoms with Crippen LogP contribution in [0.5, 0.6) is 0 Å². The molecule has 19 heavy (non-hydrogen) atoms. The van der Waals surface area contributed by atoms with E-state index in [-0.39, 0.29) is 11.9 Å². The van der Waals surface area contributed by atoms with Crippen LogP contribution < -0.4 is 5.73 Å². The van der Waals surface area contributed by atoms with Gasteiger partial charge in [0.15, 0.2) is 5.16 Å². The minimum Gasteiger partial charge on any atom is -0.468 e. The van der Waals surface area contributed by atoms with Crippen molar-refractivity contribution in [1.82, 2.24) is 14.8 Å². The number of methoxy groups -OCH3 is 1. The van der Waals surface area contributed by atoms with E-state index in [1.165, 1.54) is 7.11 Å². The number of nitrogens with two attached hydrogens (primary N) is 1. The van der Waals surface area contributed by atoms with E-state index in [2.05, 4.69) is 10.1 Å². The van der Waals surface area contributed by atoms with Crippen molar-refractivity contribution in [3.05, 3.63) is 6.33 Å². The van der Waals surface area contributed by atoms with Gasteiger partial charge in [-0.2, -0.15) is 5.10 Å². The number of ether oxygens (including phenoxy) is 1. The molecule has 1 aliphatic carbocycles. The molecule has 2 unspecified atom stereocenters. The molecule has 2 N–H and O–H groups in total. The molecule has 2 rings (SSSR count). The van der Waals surface area contributed by atoms with Crippen LogP contribution in [0.1, 0.15) is 25.7 Å². The minimum absolute atomic E-state index is 0.195. The zero-order valence-corrected chi connectivity index (χ0v) is 12.2. The first-order chi connectivity index (χ1) is 9.08. The Balaban J connectivity index is 1.88. The highest BCUT2D eigenvalue weighted by Crippen LogP contribution is 2.38. The van der Waals surface area contributed by atoms with Crippen LogP contribution in [0.15, 0.2) is 11.5 Å². The molecule has 1 aromatic rings. The number of thioether (sulfide) groups is 1. The summed E-state index contributed by atoms with van der Waals surface area (Å²) < 4.78 is 6.59. The predicted octanol–water partition coefficient (Wildman–Crippen LogP) is 0.968. The van der Waals surface area contributed by atoms with Crippen LogP contribution in [-0.2, 0) is 16.6 Å². The van der Waals surface area contributed by atoms with Crippen molar-refractivity contribution in [1.29, 1.82) is 0 Å². The number of carbonyl (C=O) groups is 1. The van der Waals surface area contributed by atoms with E-state index in [1.807, 2.05) is 7.05 Å². The van der Waals surface area contributed by atoms with Crippen LogP contribution in [0.4, 0.5) is 0 Å². The summed E-state index contributed by atoms with van der Waals surface area (Å²) >= 11 is 1.64. The van der Waals surface area contributed by atoms with Gasteiger partial charge in [0.2, 0.25) is 0 Å². The first-order valence-corrected chi connectivity index (χ1v) is 7.40. The van der Waals surface area contributed by atoms with Crippen molar-refractivity contribution in [3.8, 4) is 0 Å². The molecule has 1 aromatic heterocycles. The summed E-state index contributed by atoms with van der Waals surface area (Å²) in [5.74, 6) is 0.798. The van der Waals surface area contributed by atoms with Crippen molar-refractivity contribution in [2.75, 3.05) is 12.9 Å². The monoisotopic (exact) mass is 284 g/mol. The highest BCUT2D eigenvalue weighted by atomic mass is 32.2. The molecule has 2 atom stereocenters. The van der Waals surface area contributed by atoms with Gasteiger partial charge in [0.1, 0.15) is 11.9 Å². The van der Waals surface area contributed by atoms with Crippen LogP contribution in [0.3, 0.4) is 0 Å². The fraction of sp³-hybridized carbons (Fsp3) is 0.750. The Bertz CT molecular complexity index is 451. The Labute approximate surface area is 117 Å². The van der Waals surface area contributed by atoms with Gasteiger partial charge >= 0.3 is 5.97 Å². The van der Waals surface area contributed by atoms with E-state index in [4.69, 9.17) is 10.5 Å². The summed E-state index contributed by atoms with van der Waals surface area (Å²) in [6, 6.07) is 0. The van der Waals surface area contributed by atoms with Gasteiger partial charge in [-0.3, -0.25) is 4.79 Å². The Morgan fingerprint density at radius 2 is 2.53 bits per heavy atom. The standard InChI is InChI=1S/C12H20N4O2S/c1-16-11(14-8-15-16)19-7-5-9-4-3-6-12(9,13)10(17)18-2/h8-9H,3-7,13H2,1-2H3. The summed E-state index contributed by atoms with van der Waals surface area (Å²) in [5.41, 5.74) is 5.43. The Hall–Kier alpha value is -1.08. The van der Waals surface area contributed by atoms with Crippen LogP contribution >= 0.6 is 11.8 Å². The zero-order valence-electron chi connectivity index (χ0n) is 11.3. The number of aromatic nitrogens is 3. The first kappa shape index (κ1) is 14.3. The number of esters is 1. The number of nitrogens with zero attached hydrogens (tertiary/aromatic N) is 3. The third kappa shape index (κ3) is 2.92. The van der Waals surface area contributed by atoms with E-state index in [9.17, 15) is 4.79 Å². The summed E-state index contributed by atoms with van der Waals surface area (Å²) in [6.07, 6.45) is 5.14. The molecule has 1 aliphatic rings. The molecule has 0 spiro atoms. The molecule has 0 bridgehead atoms. The van der Waals surface area contributed by atoms with Crippen molar-refractivity contribution in [2.24, 2.45) is 18.7 Å². The second-order valence-electron chi connectivity index (χ2n) is 4.92. The molecular weight excluding hydrogens is 264 g/mol. The summed E-state index contributed by atoms with van der Waals surface area (Å²) in [6.45, 7) is 0. The highest BCUT2D eigenvalue weighted by Gasteiger charge is 2.46. The fourth-order valence-corrected chi connectivity index (χ4v) is 3.61. The lowest BCUT2D eigenvalue weighted by molar-refractivity contribution is -0.148. The Kier molecular flexibility index (Phi) is 4.46. The maximum Gasteiger partial charge on any atom is 0.326 e. The van der Waals surface area contributed by atoms with Crippen LogP contribution in [0.25, 0.3) is 0 Å². The Morgan fingerprint density at radius 1 is 1.74 bits per heavy atom. The average Bonchev–Trinajstić information content (AvgIpc) is 2.97. The molecule has 7 heteroatoms. The third-order valence-corrected chi connectivity index (χ3v) is 4.87. The molecule has 6 nitrogen and oxygen atoms in total. The maximum atomic E-state index is 11.8. The fourth-order valence-electron chi connectivity index (χ4n) is 2.67. The highest BCUT2D eigenvalue weighted by molar-refractivity contribution is 7.99. The lowest BCUT2D eigenvalue weighted by atomic mass is 9.86. The number of aryl methyl sites for hydroxylation is 1. The molecule has 106 valence electrons. The number of carbonyl (C=O) groups excluding carboxylic acids is 1. The SMILES string of the molecule is COC(=O)C1(N)CCCC1CCSc1ncnn1C. The van der Waals surface area contributed by atoms with Gasteiger partial charge < -0.3 is 10.5 Å². The van der Waals surface area contributed by atoms with Crippen molar-refractivity contribution in [2.45, 2.75) is 36.4 Å². The quantitative estimate of drug-likeness (QED) is 0.641. The van der Waals surface area contributed by atoms with Gasteiger partial charge in [-0.1, -0.05) is 18.2 Å². The van der Waals surface area contributed by atoms with E-state index < -0.39 is 5.54 Å². The minimum atomic E-state index is -0.796. The molecule has 1 fully saturated rings. The second-order valence-corrected chi connectivity index (χ2v) is 5.99. The van der Waals surface area contributed by atoms with Crippen LogP contribution in [-0.4, -0.2) is 39.1 Å². The topological polar surface area (TPSA) is 83.0 Å². The molecule has 1 heterocycles. The summed E-state index contributed by atoms with van der Waals surface area (Å²) in [4.78, 5) is 16.0. The summed E-state index contributed by atoms with van der Waals surface area (Å²) in [7, 11) is 3.27. The van der Waals surface area contributed by atoms with Gasteiger partial charge in [0.05, 0.1) is 7.11 Å². The van der Waals surface area contributed by atoms with Crippen molar-refractivity contribution >= 4 is 17.7 Å². The Morgan fingerprint density at radius 3 is 3.16 bits per heavy atom. The smallest absolute Gasteiger partial charge is 0.326 e. The molecule has 0 radical (unpaired) electrons. The van der Waals surface area contributed by atoms with Gasteiger partial charge in [0, 0.05) is 12.8 Å². The second kappa shape index (κ2) is 5.92. The van der Waals surface area contributed by atoms with E-state index in [0.717, 1.165) is 36.6 Å². The number of hydrogen-bond donors (Lipinski definition) is 1. The van der Waals surface area contributed by atoms with Crippen molar-refractivity contribution in [3.63, 3.8) is 0 Å². The maximum absolute atomic E-state index is 11.8. The number of hydrogen-bond acceptors (Lipinski definition) is 6. The van der Waals surface area contributed by atoms with E-state index in [0.29, 0.717) is 0 Å². The van der Waals surface area contributed by atoms with Gasteiger partial charge in [-0.05, 0) is 25.2 Å². The third-order valence-electron chi connectivity index (χ3n) is 3.80. The molecule has 0 saturated heterocycles. The molecule has 1 saturated carbocycles. The summed E-state index contributed by atoms with van der Waals surface area (Å²) in [5, 5.41) is 4.91. The lowest BCUT2D eigenvalue weighted by Crippen LogP contribution is -2.51. The molecule has 0 aliphatic heterocycles. The van der Waals surface area contributed by atoms with E-state index in [1.54, 1.807) is 22.8 Å². The van der Waals surface area contributed by atoms with Gasteiger partial charge in [0.25, 0.3) is 0 Å². The zero-order chi connectivity index (χ0) is 13.9. The van der Waals surface area contributed by atoms with Gasteiger partial charge in [-0.15, -0.1) is 0 Å². The largest absolute Gasteiger partial charge is 0.468 e. The molecular formula is C12H20N4O2S. The first-order valence-electron chi connectivity index (χ1n) is 6.42. The van der Waals surface area contributed by atoms with Crippen LogP contribution in [0.2, 0.25) is 0 Å². The molecule has 0 aromatic carbocycles. The van der Waals surface area contributed by atoms with Gasteiger partial charge in [-0.25, -0.2) is 9.67 Å². The molecule has 0 amide bonds. The average molecular weight is 284 g/mol. The normalized spacial score (nSPS) is 26.6. The van der Waals surface area contributed by atoms with Crippen molar-refractivity contribution < 1.29 is 9.53 Å². The predicted molar refractivity (Wildman–Crippen MR) is 72.6 cm³/mol.